The quantitative estimate of drug-likeness (QED) is 0.786. The van der Waals surface area contributed by atoms with E-state index in [1.165, 1.54) is 12.1 Å². The van der Waals surface area contributed by atoms with Crippen LogP contribution in [0.2, 0.25) is 0 Å². The van der Waals surface area contributed by atoms with Gasteiger partial charge in [-0.05, 0) is 31.2 Å². The van der Waals surface area contributed by atoms with E-state index >= 15 is 0 Å². The SMILES string of the molecule is C[C@H]1CNCCN1c1nnc(-c2ccc(F)cc2)c2ccccc12. The molecule has 2 heterocycles. The Labute approximate surface area is 140 Å². The molecule has 1 fully saturated rings. The van der Waals surface area contributed by atoms with Crippen molar-refractivity contribution in [2.45, 2.75) is 13.0 Å². The van der Waals surface area contributed by atoms with Gasteiger partial charge < -0.3 is 10.2 Å². The monoisotopic (exact) mass is 322 g/mol. The third-order valence-electron chi connectivity index (χ3n) is 4.56. The van der Waals surface area contributed by atoms with Gasteiger partial charge in [0.05, 0.1) is 0 Å². The Hall–Kier alpha value is -2.53. The molecule has 4 nitrogen and oxygen atoms in total. The fraction of sp³-hybridized carbons (Fsp3) is 0.263. The van der Waals surface area contributed by atoms with E-state index in [9.17, 15) is 4.39 Å². The van der Waals surface area contributed by atoms with Crippen molar-refractivity contribution in [2.75, 3.05) is 24.5 Å². The third-order valence-corrected chi connectivity index (χ3v) is 4.56. The molecule has 24 heavy (non-hydrogen) atoms. The van der Waals surface area contributed by atoms with Crippen LogP contribution in [0.15, 0.2) is 48.5 Å². The zero-order chi connectivity index (χ0) is 16.5. The fourth-order valence-electron chi connectivity index (χ4n) is 3.28. The Bertz CT molecular complexity index is 863. The first-order valence-electron chi connectivity index (χ1n) is 8.23. The molecule has 1 N–H and O–H groups in total. The minimum Gasteiger partial charge on any atom is -0.349 e. The summed E-state index contributed by atoms with van der Waals surface area (Å²) in [6.07, 6.45) is 0. The van der Waals surface area contributed by atoms with Crippen LogP contribution in [0.4, 0.5) is 10.2 Å². The van der Waals surface area contributed by atoms with Crippen LogP contribution in [0.5, 0.6) is 0 Å². The van der Waals surface area contributed by atoms with E-state index in [0.29, 0.717) is 6.04 Å². The van der Waals surface area contributed by atoms with Crippen LogP contribution in [0.1, 0.15) is 6.92 Å². The first kappa shape index (κ1) is 15.0. The van der Waals surface area contributed by atoms with Crippen molar-refractivity contribution in [3.63, 3.8) is 0 Å². The first-order valence-corrected chi connectivity index (χ1v) is 8.23. The molecule has 1 atom stereocenters. The van der Waals surface area contributed by atoms with E-state index in [0.717, 1.165) is 47.5 Å². The normalized spacial score (nSPS) is 18.1. The number of hydrogen-bond acceptors (Lipinski definition) is 4. The maximum atomic E-state index is 13.2. The molecule has 3 aromatic rings. The second-order valence-corrected chi connectivity index (χ2v) is 6.17. The van der Waals surface area contributed by atoms with Crippen LogP contribution in [-0.2, 0) is 0 Å². The summed E-state index contributed by atoms with van der Waals surface area (Å²) in [6.45, 7) is 4.99. The highest BCUT2D eigenvalue weighted by molar-refractivity contribution is 6.00. The van der Waals surface area contributed by atoms with Crippen molar-refractivity contribution < 1.29 is 4.39 Å². The number of aromatic nitrogens is 2. The van der Waals surface area contributed by atoms with Crippen LogP contribution in [0.25, 0.3) is 22.0 Å². The maximum Gasteiger partial charge on any atom is 0.159 e. The summed E-state index contributed by atoms with van der Waals surface area (Å²) in [6, 6.07) is 14.9. The molecule has 122 valence electrons. The van der Waals surface area contributed by atoms with E-state index in [4.69, 9.17) is 0 Å². The van der Waals surface area contributed by atoms with Crippen molar-refractivity contribution in [1.29, 1.82) is 0 Å². The van der Waals surface area contributed by atoms with Crippen molar-refractivity contribution in [3.8, 4) is 11.3 Å². The van der Waals surface area contributed by atoms with Crippen molar-refractivity contribution >= 4 is 16.6 Å². The first-order chi connectivity index (χ1) is 11.7. The lowest BCUT2D eigenvalue weighted by molar-refractivity contribution is 0.497. The zero-order valence-corrected chi connectivity index (χ0v) is 13.5. The van der Waals surface area contributed by atoms with Gasteiger partial charge in [0, 0.05) is 42.0 Å². The van der Waals surface area contributed by atoms with Crippen LogP contribution in [0.3, 0.4) is 0 Å². The lowest BCUT2D eigenvalue weighted by Crippen LogP contribution is -2.50. The van der Waals surface area contributed by atoms with Gasteiger partial charge in [0.15, 0.2) is 5.82 Å². The van der Waals surface area contributed by atoms with Crippen molar-refractivity contribution in [2.24, 2.45) is 0 Å². The van der Waals surface area contributed by atoms with E-state index in [2.05, 4.69) is 39.5 Å². The Kier molecular flexibility index (Phi) is 3.86. The van der Waals surface area contributed by atoms with Gasteiger partial charge in [-0.25, -0.2) is 4.39 Å². The predicted octanol–water partition coefficient (Wildman–Crippen LogP) is 3.23. The van der Waals surface area contributed by atoms with Crippen LogP contribution in [0, 0.1) is 5.82 Å². The van der Waals surface area contributed by atoms with E-state index in [1.807, 2.05) is 12.1 Å². The van der Waals surface area contributed by atoms with Crippen LogP contribution >= 0.6 is 0 Å². The molecular formula is C19H19FN4. The number of halogens is 1. The number of nitrogens with one attached hydrogen (secondary N) is 1. The Morgan fingerprint density at radius 1 is 1.04 bits per heavy atom. The highest BCUT2D eigenvalue weighted by Crippen LogP contribution is 2.32. The second kappa shape index (κ2) is 6.17. The summed E-state index contributed by atoms with van der Waals surface area (Å²) in [4.78, 5) is 2.31. The lowest BCUT2D eigenvalue weighted by Gasteiger charge is -2.35. The summed E-state index contributed by atoms with van der Waals surface area (Å²) in [5.41, 5.74) is 1.66. The molecule has 0 bridgehead atoms. The predicted molar refractivity (Wildman–Crippen MR) is 94.6 cm³/mol. The number of nitrogens with zero attached hydrogens (tertiary/aromatic N) is 3. The van der Waals surface area contributed by atoms with Crippen molar-refractivity contribution in [3.05, 3.63) is 54.3 Å². The van der Waals surface area contributed by atoms with Gasteiger partial charge in [-0.2, -0.15) is 0 Å². The van der Waals surface area contributed by atoms with Gasteiger partial charge in [0.2, 0.25) is 0 Å². The lowest BCUT2D eigenvalue weighted by atomic mass is 10.0. The number of anilines is 1. The average Bonchev–Trinajstić information content (AvgIpc) is 2.62. The molecule has 0 radical (unpaired) electrons. The molecule has 0 saturated carbocycles. The van der Waals surface area contributed by atoms with Crippen molar-refractivity contribution in [1.82, 2.24) is 15.5 Å². The zero-order valence-electron chi connectivity index (χ0n) is 13.5. The highest BCUT2D eigenvalue weighted by atomic mass is 19.1. The van der Waals surface area contributed by atoms with Crippen LogP contribution < -0.4 is 10.2 Å². The van der Waals surface area contributed by atoms with Gasteiger partial charge in [-0.3, -0.25) is 0 Å². The second-order valence-electron chi connectivity index (χ2n) is 6.17. The molecule has 0 amide bonds. The number of benzene rings is 2. The van der Waals surface area contributed by atoms with E-state index in [1.54, 1.807) is 12.1 Å². The number of piperazine rings is 1. The number of rotatable bonds is 2. The molecule has 2 aromatic carbocycles. The molecule has 1 saturated heterocycles. The maximum absolute atomic E-state index is 13.2. The molecule has 0 aliphatic carbocycles. The largest absolute Gasteiger partial charge is 0.349 e. The molecule has 0 spiro atoms. The van der Waals surface area contributed by atoms with E-state index in [-0.39, 0.29) is 5.82 Å². The van der Waals surface area contributed by atoms with Gasteiger partial charge in [0.25, 0.3) is 0 Å². The minimum absolute atomic E-state index is 0.248. The minimum atomic E-state index is -0.248. The van der Waals surface area contributed by atoms with Crippen LogP contribution in [-0.4, -0.2) is 35.9 Å². The summed E-state index contributed by atoms with van der Waals surface area (Å²) in [7, 11) is 0. The van der Waals surface area contributed by atoms with E-state index < -0.39 is 0 Å². The smallest absolute Gasteiger partial charge is 0.159 e. The average molecular weight is 322 g/mol. The van der Waals surface area contributed by atoms with Gasteiger partial charge >= 0.3 is 0 Å². The molecule has 1 aliphatic rings. The van der Waals surface area contributed by atoms with Gasteiger partial charge in [-0.1, -0.05) is 24.3 Å². The Balaban J connectivity index is 1.87. The molecule has 1 aliphatic heterocycles. The fourth-order valence-corrected chi connectivity index (χ4v) is 3.28. The van der Waals surface area contributed by atoms with Gasteiger partial charge in [-0.15, -0.1) is 10.2 Å². The summed E-state index contributed by atoms with van der Waals surface area (Å²) >= 11 is 0. The Morgan fingerprint density at radius 2 is 1.79 bits per heavy atom. The number of hydrogen-bond donors (Lipinski definition) is 1. The molecule has 1 aromatic heterocycles. The standard InChI is InChI=1S/C19H19FN4/c1-13-12-21-10-11-24(13)19-17-5-3-2-4-16(17)18(22-23-19)14-6-8-15(20)9-7-14/h2-9,13,21H,10-12H2,1H3/t13-/m0/s1. The Morgan fingerprint density at radius 3 is 2.54 bits per heavy atom. The molecule has 0 unspecified atom stereocenters. The molecule has 5 heteroatoms. The molecular weight excluding hydrogens is 303 g/mol. The third kappa shape index (κ3) is 2.61. The highest BCUT2D eigenvalue weighted by Gasteiger charge is 2.22. The summed E-state index contributed by atoms with van der Waals surface area (Å²) < 4.78 is 13.2. The summed E-state index contributed by atoms with van der Waals surface area (Å²) in [5.74, 6) is 0.674. The molecule has 4 rings (SSSR count). The van der Waals surface area contributed by atoms with Gasteiger partial charge in [0.1, 0.15) is 11.5 Å². The summed E-state index contributed by atoms with van der Waals surface area (Å²) in [5, 5.41) is 14.5. The topological polar surface area (TPSA) is 41.0 Å². The number of fused-ring (bicyclic) bond motifs is 1.